The minimum Gasteiger partial charge on any atom is -0.279 e. The Morgan fingerprint density at radius 2 is 1.26 bits per heavy atom. The van der Waals surface area contributed by atoms with Gasteiger partial charge in [-0.25, -0.2) is 0 Å². The maximum Gasteiger partial charge on any atom is 0.243 e. The van der Waals surface area contributed by atoms with Gasteiger partial charge in [-0.05, 0) is 33.6 Å². The van der Waals surface area contributed by atoms with Gasteiger partial charge in [0.25, 0.3) is 0 Å². The monoisotopic (exact) mass is 470 g/mol. The minimum absolute atomic E-state index is 0.0973. The lowest BCUT2D eigenvalue weighted by atomic mass is 9.93. The highest BCUT2D eigenvalue weighted by Crippen LogP contribution is 2.39. The molecule has 3 atom stereocenters. The number of thioether (sulfide) groups is 2. The molecule has 2 aliphatic heterocycles. The van der Waals surface area contributed by atoms with E-state index in [1.54, 1.807) is 0 Å². The number of hydrogen-bond acceptors (Lipinski definition) is 6. The van der Waals surface area contributed by atoms with Crippen LogP contribution in [0.5, 0.6) is 0 Å². The molecule has 0 saturated carbocycles. The number of likely N-dealkylation sites (tertiary alicyclic amines) is 2. The second-order valence-corrected chi connectivity index (χ2v) is 15.3. The second kappa shape index (κ2) is 9.08. The lowest BCUT2D eigenvalue weighted by molar-refractivity contribution is -0.146. The summed E-state index contributed by atoms with van der Waals surface area (Å²) in [4.78, 5) is 53.9. The van der Waals surface area contributed by atoms with Crippen LogP contribution in [0.4, 0.5) is 0 Å². The summed E-state index contributed by atoms with van der Waals surface area (Å²) in [7, 11) is 0. The molecule has 0 spiro atoms. The molecule has 2 heterocycles. The highest BCUT2D eigenvalue weighted by Gasteiger charge is 2.48. The molecule has 0 aromatic carbocycles. The highest BCUT2D eigenvalue weighted by molar-refractivity contribution is 8.02. The number of hydrogen-bond donors (Lipinski definition) is 0. The van der Waals surface area contributed by atoms with Gasteiger partial charge in [0, 0.05) is 33.9 Å². The fourth-order valence-electron chi connectivity index (χ4n) is 4.17. The minimum atomic E-state index is -0.666. The Balaban J connectivity index is 2.03. The topological polar surface area (TPSA) is 74.8 Å². The van der Waals surface area contributed by atoms with Crippen LogP contribution in [0.1, 0.15) is 88.0 Å². The number of carbonyl (C=O) groups is 4. The predicted molar refractivity (Wildman–Crippen MR) is 128 cm³/mol. The first-order chi connectivity index (χ1) is 13.9. The molecule has 2 rings (SSSR count). The molecule has 2 aliphatic rings. The van der Waals surface area contributed by atoms with Crippen molar-refractivity contribution in [1.82, 2.24) is 9.80 Å². The van der Waals surface area contributed by atoms with Crippen molar-refractivity contribution in [3.05, 3.63) is 0 Å². The Hall–Kier alpha value is -1.02. The predicted octanol–water partition coefficient (Wildman–Crippen LogP) is 4.25. The molecule has 0 aromatic heterocycles. The number of carbonyl (C=O) groups excluding carboxylic acids is 4. The second-order valence-electron chi connectivity index (χ2n) is 11.2. The van der Waals surface area contributed by atoms with Crippen molar-refractivity contribution in [2.45, 2.75) is 120 Å². The molecule has 0 N–H and O–H groups in total. The third kappa shape index (κ3) is 6.50. The Morgan fingerprint density at radius 1 is 0.806 bits per heavy atom. The summed E-state index contributed by atoms with van der Waals surface area (Å²) in [5.74, 6) is -0.519. The Morgan fingerprint density at radius 3 is 1.74 bits per heavy atom. The van der Waals surface area contributed by atoms with E-state index in [2.05, 4.69) is 0 Å². The molecule has 6 nitrogen and oxygen atoms in total. The summed E-state index contributed by atoms with van der Waals surface area (Å²) in [5, 5.41) is -0.680. The molecular formula is C23H38N2O4S2. The van der Waals surface area contributed by atoms with Gasteiger partial charge in [0.05, 0.1) is 10.5 Å². The van der Waals surface area contributed by atoms with Gasteiger partial charge in [0.2, 0.25) is 23.6 Å². The summed E-state index contributed by atoms with van der Waals surface area (Å²) in [6.45, 7) is 17.9. The standard InChI is InChI=1S/C23H38N2O4S2/c1-14(24-17(26)12-15(19(24)28)30-21(2,3)4)10-11-23(8,9)25-18(27)13-16(20(25)29)31-22(5,6)7/h14-16H,10-13H2,1-9H3. The van der Waals surface area contributed by atoms with E-state index in [1.807, 2.05) is 62.3 Å². The number of nitrogens with zero attached hydrogens (tertiary/aromatic N) is 2. The van der Waals surface area contributed by atoms with Crippen LogP contribution in [0.3, 0.4) is 0 Å². The van der Waals surface area contributed by atoms with Crippen LogP contribution in [-0.2, 0) is 19.2 Å². The molecule has 0 aromatic rings. The average molecular weight is 471 g/mol. The number of imide groups is 2. The zero-order chi connectivity index (χ0) is 23.9. The first kappa shape index (κ1) is 26.2. The Kier molecular flexibility index (Phi) is 7.69. The summed E-state index contributed by atoms with van der Waals surface area (Å²) < 4.78 is -0.201. The molecule has 0 bridgehead atoms. The van der Waals surface area contributed by atoms with Gasteiger partial charge in [0.1, 0.15) is 0 Å². The Labute approximate surface area is 195 Å². The largest absolute Gasteiger partial charge is 0.279 e. The van der Waals surface area contributed by atoms with Gasteiger partial charge >= 0.3 is 0 Å². The first-order valence-corrected chi connectivity index (χ1v) is 12.8. The van der Waals surface area contributed by atoms with E-state index >= 15 is 0 Å². The smallest absolute Gasteiger partial charge is 0.243 e. The molecule has 0 aliphatic carbocycles. The molecule has 0 radical (unpaired) electrons. The van der Waals surface area contributed by atoms with Crippen molar-refractivity contribution >= 4 is 47.2 Å². The number of rotatable bonds is 7. The normalized spacial score (nSPS) is 24.5. The summed E-state index contributed by atoms with van der Waals surface area (Å²) in [6.07, 6.45) is 1.55. The van der Waals surface area contributed by atoms with Gasteiger partial charge in [-0.2, -0.15) is 0 Å². The maximum atomic E-state index is 13.0. The van der Waals surface area contributed by atoms with E-state index in [-0.39, 0.29) is 62.5 Å². The fourth-order valence-corrected chi connectivity index (χ4v) is 6.75. The zero-order valence-electron chi connectivity index (χ0n) is 20.4. The fraction of sp³-hybridized carbons (Fsp3) is 0.826. The molecule has 8 heteroatoms. The summed E-state index contributed by atoms with van der Waals surface area (Å²) >= 11 is 3.07. The van der Waals surface area contributed by atoms with Gasteiger partial charge in [0.15, 0.2) is 0 Å². The van der Waals surface area contributed by atoms with Crippen LogP contribution in [0.15, 0.2) is 0 Å². The van der Waals surface area contributed by atoms with Crippen molar-refractivity contribution in [3.63, 3.8) is 0 Å². The molecular weight excluding hydrogens is 432 g/mol. The highest BCUT2D eigenvalue weighted by atomic mass is 32.2. The van der Waals surface area contributed by atoms with Crippen LogP contribution in [0.25, 0.3) is 0 Å². The lowest BCUT2D eigenvalue weighted by Crippen LogP contribution is -2.49. The van der Waals surface area contributed by atoms with Crippen LogP contribution in [0.2, 0.25) is 0 Å². The van der Waals surface area contributed by atoms with E-state index in [9.17, 15) is 19.2 Å². The molecule has 3 unspecified atom stereocenters. The Bertz CT molecular complexity index is 752. The SMILES string of the molecule is CC(CCC(C)(C)N1C(=O)CC(SC(C)(C)C)C1=O)N1C(=O)CC(SC(C)(C)C)C1=O. The quantitative estimate of drug-likeness (QED) is 0.518. The van der Waals surface area contributed by atoms with Crippen LogP contribution in [0, 0.1) is 0 Å². The van der Waals surface area contributed by atoms with Gasteiger partial charge in [-0.3, -0.25) is 29.0 Å². The maximum absolute atomic E-state index is 13.0. The molecule has 31 heavy (non-hydrogen) atoms. The van der Waals surface area contributed by atoms with Crippen molar-refractivity contribution in [2.75, 3.05) is 0 Å². The zero-order valence-corrected chi connectivity index (χ0v) is 22.0. The van der Waals surface area contributed by atoms with E-state index < -0.39 is 5.54 Å². The van der Waals surface area contributed by atoms with Crippen LogP contribution in [-0.4, -0.2) is 65.0 Å². The lowest BCUT2D eigenvalue weighted by Gasteiger charge is -2.36. The van der Waals surface area contributed by atoms with Crippen LogP contribution < -0.4 is 0 Å². The van der Waals surface area contributed by atoms with Crippen molar-refractivity contribution in [3.8, 4) is 0 Å². The third-order valence-corrected chi connectivity index (χ3v) is 8.18. The third-order valence-electron chi connectivity index (χ3n) is 5.46. The average Bonchev–Trinajstić information content (AvgIpc) is 2.98. The summed E-state index contributed by atoms with van der Waals surface area (Å²) in [6, 6.07) is -0.266. The number of amides is 4. The van der Waals surface area contributed by atoms with E-state index in [0.717, 1.165) is 0 Å². The first-order valence-electron chi connectivity index (χ1n) is 11.0. The van der Waals surface area contributed by atoms with Gasteiger partial charge < -0.3 is 0 Å². The van der Waals surface area contributed by atoms with Gasteiger partial charge in [-0.1, -0.05) is 41.5 Å². The van der Waals surface area contributed by atoms with E-state index in [4.69, 9.17) is 0 Å². The summed E-state index contributed by atoms with van der Waals surface area (Å²) in [5.41, 5.74) is -0.666. The van der Waals surface area contributed by atoms with Gasteiger partial charge in [-0.15, -0.1) is 23.5 Å². The van der Waals surface area contributed by atoms with Crippen molar-refractivity contribution in [2.24, 2.45) is 0 Å². The van der Waals surface area contributed by atoms with Crippen LogP contribution >= 0.6 is 23.5 Å². The molecule has 2 saturated heterocycles. The molecule has 2 fully saturated rings. The molecule has 4 amide bonds. The van der Waals surface area contributed by atoms with Crippen molar-refractivity contribution < 1.29 is 19.2 Å². The van der Waals surface area contributed by atoms with Crippen molar-refractivity contribution in [1.29, 1.82) is 0 Å². The molecule has 176 valence electrons. The van der Waals surface area contributed by atoms with E-state index in [1.165, 1.54) is 33.3 Å². The van der Waals surface area contributed by atoms with E-state index in [0.29, 0.717) is 12.8 Å².